The molecule has 1 rings (SSSR count). The van der Waals surface area contributed by atoms with Crippen molar-refractivity contribution in [3.63, 3.8) is 0 Å². The number of pyridine rings is 1. The number of hydrogen-bond donors (Lipinski definition) is 3. The first-order chi connectivity index (χ1) is 7.97. The first-order valence-electron chi connectivity index (χ1n) is 5.22. The second-order valence-corrected chi connectivity index (χ2v) is 3.66. The Morgan fingerprint density at radius 1 is 1.59 bits per heavy atom. The number of aromatic nitrogens is 1. The fourth-order valence-electron chi connectivity index (χ4n) is 1.48. The van der Waals surface area contributed by atoms with Gasteiger partial charge < -0.3 is 16.2 Å². The number of nitrogens with one attached hydrogen (secondary N) is 1. The molecule has 1 amide bonds. The van der Waals surface area contributed by atoms with Gasteiger partial charge in [-0.2, -0.15) is 0 Å². The smallest absolute Gasteiger partial charge is 0.326 e. The third-order valence-electron chi connectivity index (χ3n) is 2.42. The summed E-state index contributed by atoms with van der Waals surface area (Å²) in [7, 11) is 0. The minimum atomic E-state index is -0.994. The molecular formula is C11H15N3O3. The van der Waals surface area contributed by atoms with Gasteiger partial charge in [0, 0.05) is 6.20 Å². The van der Waals surface area contributed by atoms with Crippen LogP contribution >= 0.6 is 0 Å². The molecule has 0 radical (unpaired) electrons. The van der Waals surface area contributed by atoms with Crippen molar-refractivity contribution in [2.75, 3.05) is 5.32 Å². The van der Waals surface area contributed by atoms with Crippen LogP contribution in [0.5, 0.6) is 0 Å². The summed E-state index contributed by atoms with van der Waals surface area (Å²) in [6.07, 6.45) is 1.88. The largest absolute Gasteiger partial charge is 0.480 e. The molecule has 0 aliphatic carbocycles. The van der Waals surface area contributed by atoms with Gasteiger partial charge in [0.2, 0.25) is 0 Å². The van der Waals surface area contributed by atoms with E-state index in [0.717, 1.165) is 0 Å². The van der Waals surface area contributed by atoms with Crippen molar-refractivity contribution in [1.29, 1.82) is 0 Å². The molecule has 0 aliphatic heterocycles. The van der Waals surface area contributed by atoms with Crippen molar-refractivity contribution >= 4 is 17.7 Å². The third-order valence-corrected chi connectivity index (χ3v) is 2.42. The molecule has 6 heteroatoms. The zero-order chi connectivity index (χ0) is 13.0. The second kappa shape index (κ2) is 5.29. The van der Waals surface area contributed by atoms with Crippen LogP contribution in [0.25, 0.3) is 0 Å². The number of aryl methyl sites for hydroxylation is 1. The summed E-state index contributed by atoms with van der Waals surface area (Å²) in [6.45, 7) is 3.44. The molecular weight excluding hydrogens is 222 g/mol. The van der Waals surface area contributed by atoms with Crippen LogP contribution in [0.2, 0.25) is 0 Å². The van der Waals surface area contributed by atoms with Gasteiger partial charge in [0.05, 0.1) is 5.56 Å². The monoisotopic (exact) mass is 237 g/mol. The number of carboxylic acid groups (broad SMARTS) is 1. The molecule has 6 nitrogen and oxygen atoms in total. The van der Waals surface area contributed by atoms with Gasteiger partial charge in [-0.25, -0.2) is 9.78 Å². The molecule has 1 aromatic heterocycles. The molecule has 4 N–H and O–H groups in total. The predicted octanol–water partition coefficient (Wildman–Crippen LogP) is 0.764. The number of nitrogens with zero attached hydrogens (tertiary/aromatic N) is 1. The Morgan fingerprint density at radius 3 is 2.71 bits per heavy atom. The maximum atomic E-state index is 11.3. The van der Waals surface area contributed by atoms with Crippen LogP contribution in [-0.4, -0.2) is 28.0 Å². The summed E-state index contributed by atoms with van der Waals surface area (Å²) < 4.78 is 0. The van der Waals surface area contributed by atoms with E-state index in [1.165, 1.54) is 6.20 Å². The lowest BCUT2D eigenvalue weighted by Gasteiger charge is -2.15. The highest BCUT2D eigenvalue weighted by Crippen LogP contribution is 2.17. The van der Waals surface area contributed by atoms with Crippen molar-refractivity contribution in [3.8, 4) is 0 Å². The molecule has 0 bridgehead atoms. The number of aliphatic carboxylic acids is 1. The van der Waals surface area contributed by atoms with Gasteiger partial charge in [-0.1, -0.05) is 6.92 Å². The van der Waals surface area contributed by atoms with E-state index < -0.39 is 17.9 Å². The molecule has 1 unspecified atom stereocenters. The van der Waals surface area contributed by atoms with Crippen molar-refractivity contribution < 1.29 is 14.7 Å². The van der Waals surface area contributed by atoms with E-state index in [4.69, 9.17) is 10.8 Å². The Morgan fingerprint density at radius 2 is 2.24 bits per heavy atom. The third kappa shape index (κ3) is 2.93. The SMILES string of the molecule is CCC(Nc1nccc(C)c1C(N)=O)C(=O)O. The van der Waals surface area contributed by atoms with Crippen LogP contribution in [0.15, 0.2) is 12.3 Å². The number of amides is 1. The van der Waals surface area contributed by atoms with Crippen LogP contribution in [-0.2, 0) is 4.79 Å². The van der Waals surface area contributed by atoms with E-state index in [1.54, 1.807) is 19.9 Å². The molecule has 1 atom stereocenters. The van der Waals surface area contributed by atoms with Crippen LogP contribution in [0.4, 0.5) is 5.82 Å². The molecule has 0 fully saturated rings. The maximum Gasteiger partial charge on any atom is 0.326 e. The fraction of sp³-hybridized carbons (Fsp3) is 0.364. The zero-order valence-corrected chi connectivity index (χ0v) is 9.73. The highest BCUT2D eigenvalue weighted by molar-refractivity contribution is 5.99. The second-order valence-electron chi connectivity index (χ2n) is 3.66. The van der Waals surface area contributed by atoms with Crippen molar-refractivity contribution in [2.24, 2.45) is 5.73 Å². The molecule has 0 aliphatic rings. The van der Waals surface area contributed by atoms with Crippen molar-refractivity contribution in [3.05, 3.63) is 23.4 Å². The Labute approximate surface area is 98.8 Å². The van der Waals surface area contributed by atoms with Gasteiger partial charge in [0.15, 0.2) is 0 Å². The standard InChI is InChI=1S/C11H15N3O3/c1-3-7(11(16)17)14-10-8(9(12)15)6(2)4-5-13-10/h4-5,7H,3H2,1-2H3,(H2,12,15)(H,13,14)(H,16,17). The fourth-order valence-corrected chi connectivity index (χ4v) is 1.48. The number of rotatable bonds is 5. The minimum absolute atomic E-state index is 0.215. The Hall–Kier alpha value is -2.11. The maximum absolute atomic E-state index is 11.3. The number of carboxylic acids is 1. The van der Waals surface area contributed by atoms with Gasteiger partial charge in [0.25, 0.3) is 5.91 Å². The number of nitrogens with two attached hydrogens (primary N) is 1. The van der Waals surface area contributed by atoms with Crippen LogP contribution in [0, 0.1) is 6.92 Å². The molecule has 92 valence electrons. The molecule has 0 saturated heterocycles. The average molecular weight is 237 g/mol. The van der Waals surface area contributed by atoms with E-state index in [2.05, 4.69) is 10.3 Å². The van der Waals surface area contributed by atoms with Crippen molar-refractivity contribution in [2.45, 2.75) is 26.3 Å². The summed E-state index contributed by atoms with van der Waals surface area (Å²) in [5.74, 6) is -1.41. The molecule has 0 saturated carbocycles. The quantitative estimate of drug-likeness (QED) is 0.701. The number of carbonyl (C=O) groups excluding carboxylic acids is 1. The first kappa shape index (κ1) is 13.0. The molecule has 0 aromatic carbocycles. The van der Waals surface area contributed by atoms with Crippen LogP contribution < -0.4 is 11.1 Å². The van der Waals surface area contributed by atoms with E-state index in [1.807, 2.05) is 0 Å². The highest BCUT2D eigenvalue weighted by Gasteiger charge is 2.19. The number of primary amides is 1. The lowest BCUT2D eigenvalue weighted by Crippen LogP contribution is -2.30. The van der Waals surface area contributed by atoms with Gasteiger partial charge in [0.1, 0.15) is 11.9 Å². The summed E-state index contributed by atoms with van der Waals surface area (Å²) in [5, 5.41) is 11.6. The number of hydrogen-bond acceptors (Lipinski definition) is 4. The minimum Gasteiger partial charge on any atom is -0.480 e. The van der Waals surface area contributed by atoms with E-state index in [-0.39, 0.29) is 11.4 Å². The topological polar surface area (TPSA) is 105 Å². The average Bonchev–Trinajstić information content (AvgIpc) is 2.24. The van der Waals surface area contributed by atoms with Crippen LogP contribution in [0.3, 0.4) is 0 Å². The molecule has 17 heavy (non-hydrogen) atoms. The zero-order valence-electron chi connectivity index (χ0n) is 9.73. The van der Waals surface area contributed by atoms with Gasteiger partial charge in [-0.3, -0.25) is 4.79 Å². The lowest BCUT2D eigenvalue weighted by atomic mass is 10.1. The molecule has 1 heterocycles. The summed E-state index contributed by atoms with van der Waals surface area (Å²) >= 11 is 0. The van der Waals surface area contributed by atoms with Crippen LogP contribution in [0.1, 0.15) is 29.3 Å². The number of anilines is 1. The van der Waals surface area contributed by atoms with Gasteiger partial charge in [-0.05, 0) is 25.0 Å². The van der Waals surface area contributed by atoms with E-state index in [9.17, 15) is 9.59 Å². The molecule has 1 aromatic rings. The van der Waals surface area contributed by atoms with E-state index >= 15 is 0 Å². The first-order valence-corrected chi connectivity index (χ1v) is 5.22. The predicted molar refractivity (Wildman–Crippen MR) is 62.8 cm³/mol. The van der Waals surface area contributed by atoms with Crippen molar-refractivity contribution in [1.82, 2.24) is 4.98 Å². The Balaban J connectivity index is 3.10. The lowest BCUT2D eigenvalue weighted by molar-refractivity contribution is -0.137. The Bertz CT molecular complexity index is 446. The van der Waals surface area contributed by atoms with Gasteiger partial charge >= 0.3 is 5.97 Å². The normalized spacial score (nSPS) is 11.9. The van der Waals surface area contributed by atoms with Gasteiger partial charge in [-0.15, -0.1) is 0 Å². The summed E-state index contributed by atoms with van der Waals surface area (Å²) in [5.41, 5.74) is 6.13. The highest BCUT2D eigenvalue weighted by atomic mass is 16.4. The van der Waals surface area contributed by atoms with E-state index in [0.29, 0.717) is 12.0 Å². The number of carbonyl (C=O) groups is 2. The summed E-state index contributed by atoms with van der Waals surface area (Å²) in [4.78, 5) is 26.1. The summed E-state index contributed by atoms with van der Waals surface area (Å²) in [6, 6.07) is 0.856. The Kier molecular flexibility index (Phi) is 4.03. The molecule has 0 spiro atoms.